The van der Waals surface area contributed by atoms with Gasteiger partial charge in [0, 0.05) is 31.0 Å². The van der Waals surface area contributed by atoms with Crippen LogP contribution in [-0.4, -0.2) is 17.2 Å². The van der Waals surface area contributed by atoms with Crippen molar-refractivity contribution in [2.24, 2.45) is 5.73 Å². The van der Waals surface area contributed by atoms with Gasteiger partial charge in [0.1, 0.15) is 5.67 Å². The Bertz CT molecular complexity index is 316. The number of alkyl halides is 1. The van der Waals surface area contributed by atoms with Gasteiger partial charge in [0.25, 0.3) is 0 Å². The predicted molar refractivity (Wildman–Crippen MR) is 60.2 cm³/mol. The molecular formula is C11H18FN3. The molecule has 3 nitrogen and oxygen atoms in total. The number of anilines is 1. The van der Waals surface area contributed by atoms with Crippen molar-refractivity contribution < 1.29 is 4.39 Å². The van der Waals surface area contributed by atoms with Gasteiger partial charge < -0.3 is 11.5 Å². The van der Waals surface area contributed by atoms with Gasteiger partial charge in [-0.3, -0.25) is 4.98 Å². The highest BCUT2D eigenvalue weighted by molar-refractivity contribution is 5.45. The van der Waals surface area contributed by atoms with Crippen LogP contribution in [0.4, 0.5) is 10.1 Å². The Morgan fingerprint density at radius 2 is 2.27 bits per heavy atom. The van der Waals surface area contributed by atoms with Crippen molar-refractivity contribution in [3.8, 4) is 0 Å². The second-order valence-electron chi connectivity index (χ2n) is 3.86. The number of nitrogens with two attached hydrogens (primary N) is 2. The fourth-order valence-electron chi connectivity index (χ4n) is 1.64. The lowest BCUT2D eigenvalue weighted by molar-refractivity contribution is 0.158. The molecule has 15 heavy (non-hydrogen) atoms. The zero-order valence-corrected chi connectivity index (χ0v) is 9.04. The highest BCUT2D eigenvalue weighted by Gasteiger charge is 2.27. The van der Waals surface area contributed by atoms with E-state index in [0.717, 1.165) is 12.0 Å². The summed E-state index contributed by atoms with van der Waals surface area (Å²) in [4.78, 5) is 3.94. The van der Waals surface area contributed by atoms with Gasteiger partial charge in [-0.15, -0.1) is 0 Å². The summed E-state index contributed by atoms with van der Waals surface area (Å²) in [5.74, 6) is 0. The second kappa shape index (κ2) is 5.07. The molecule has 0 bridgehead atoms. The summed E-state index contributed by atoms with van der Waals surface area (Å²) in [5, 5.41) is 0. The number of nitrogen functional groups attached to an aromatic ring is 1. The molecular weight excluding hydrogens is 193 g/mol. The first-order chi connectivity index (χ1) is 7.11. The van der Waals surface area contributed by atoms with E-state index in [1.165, 1.54) is 0 Å². The quantitative estimate of drug-likeness (QED) is 0.778. The number of nitrogens with zero attached hydrogens (tertiary/aromatic N) is 1. The molecule has 0 aliphatic rings. The molecule has 0 aromatic carbocycles. The highest BCUT2D eigenvalue weighted by atomic mass is 19.1. The molecule has 0 saturated heterocycles. The van der Waals surface area contributed by atoms with Crippen molar-refractivity contribution in [3.63, 3.8) is 0 Å². The van der Waals surface area contributed by atoms with Crippen molar-refractivity contribution >= 4 is 5.69 Å². The Balaban J connectivity index is 2.79. The number of rotatable bonds is 5. The van der Waals surface area contributed by atoms with Crippen molar-refractivity contribution in [2.75, 3.05) is 12.3 Å². The summed E-state index contributed by atoms with van der Waals surface area (Å²) < 4.78 is 14.2. The van der Waals surface area contributed by atoms with Crippen LogP contribution in [0.5, 0.6) is 0 Å². The average molecular weight is 211 g/mol. The maximum Gasteiger partial charge on any atom is 0.127 e. The summed E-state index contributed by atoms with van der Waals surface area (Å²) in [7, 11) is 0. The van der Waals surface area contributed by atoms with Gasteiger partial charge in [-0.05, 0) is 18.1 Å². The van der Waals surface area contributed by atoms with Gasteiger partial charge in [0.15, 0.2) is 0 Å². The zero-order chi connectivity index (χ0) is 11.3. The molecule has 1 atom stereocenters. The lowest BCUT2D eigenvalue weighted by Gasteiger charge is -2.23. The van der Waals surface area contributed by atoms with Crippen LogP contribution in [0.15, 0.2) is 18.5 Å². The van der Waals surface area contributed by atoms with Crippen LogP contribution < -0.4 is 11.5 Å². The van der Waals surface area contributed by atoms with Crippen LogP contribution in [-0.2, 0) is 6.42 Å². The Morgan fingerprint density at radius 3 is 2.80 bits per heavy atom. The molecule has 0 amide bonds. The molecule has 0 fully saturated rings. The molecule has 1 unspecified atom stereocenters. The first kappa shape index (κ1) is 11.9. The largest absolute Gasteiger partial charge is 0.398 e. The minimum Gasteiger partial charge on any atom is -0.398 e. The molecule has 4 heteroatoms. The third kappa shape index (κ3) is 3.16. The van der Waals surface area contributed by atoms with E-state index in [-0.39, 0.29) is 13.0 Å². The number of hydrogen-bond donors (Lipinski definition) is 2. The van der Waals surface area contributed by atoms with E-state index >= 15 is 0 Å². The normalized spacial score (nSPS) is 14.9. The zero-order valence-electron chi connectivity index (χ0n) is 9.04. The molecule has 0 radical (unpaired) electrons. The van der Waals surface area contributed by atoms with Crippen molar-refractivity contribution in [2.45, 2.75) is 31.9 Å². The molecule has 84 valence electrons. The maximum absolute atomic E-state index is 14.2. The number of pyridine rings is 1. The van der Waals surface area contributed by atoms with E-state index in [4.69, 9.17) is 11.5 Å². The second-order valence-corrected chi connectivity index (χ2v) is 3.86. The van der Waals surface area contributed by atoms with E-state index in [9.17, 15) is 4.39 Å². The molecule has 1 heterocycles. The van der Waals surface area contributed by atoms with Crippen LogP contribution in [0.3, 0.4) is 0 Å². The molecule has 0 spiro atoms. The van der Waals surface area contributed by atoms with E-state index in [0.29, 0.717) is 12.1 Å². The van der Waals surface area contributed by atoms with Crippen molar-refractivity contribution in [3.05, 3.63) is 24.0 Å². The Hall–Kier alpha value is -1.16. The third-order valence-electron chi connectivity index (χ3n) is 2.51. The summed E-state index contributed by atoms with van der Waals surface area (Å²) in [6, 6.07) is 1.68. The van der Waals surface area contributed by atoms with Crippen LogP contribution in [0.1, 0.15) is 25.3 Å². The SMILES string of the molecule is CCCC(F)(CN)Cc1cnccc1N. The summed E-state index contributed by atoms with van der Waals surface area (Å²) in [5.41, 5.74) is 11.1. The van der Waals surface area contributed by atoms with Gasteiger partial charge in [-0.1, -0.05) is 13.3 Å². The van der Waals surface area contributed by atoms with Crippen molar-refractivity contribution in [1.82, 2.24) is 4.98 Å². The minimum absolute atomic E-state index is 0.0230. The fourth-order valence-corrected chi connectivity index (χ4v) is 1.64. The van der Waals surface area contributed by atoms with Crippen molar-refractivity contribution in [1.29, 1.82) is 0 Å². The first-order valence-corrected chi connectivity index (χ1v) is 5.18. The lowest BCUT2D eigenvalue weighted by Crippen LogP contribution is -2.35. The lowest BCUT2D eigenvalue weighted by atomic mass is 9.92. The van der Waals surface area contributed by atoms with E-state index < -0.39 is 5.67 Å². The molecule has 1 rings (SSSR count). The number of halogens is 1. The van der Waals surface area contributed by atoms with Gasteiger partial charge >= 0.3 is 0 Å². The molecule has 0 saturated carbocycles. The van der Waals surface area contributed by atoms with Crippen LogP contribution >= 0.6 is 0 Å². The maximum atomic E-state index is 14.2. The number of hydrogen-bond acceptors (Lipinski definition) is 3. The molecule has 4 N–H and O–H groups in total. The van der Waals surface area contributed by atoms with E-state index in [1.807, 2.05) is 6.92 Å². The van der Waals surface area contributed by atoms with Crippen LogP contribution in [0.25, 0.3) is 0 Å². The topological polar surface area (TPSA) is 64.9 Å². The third-order valence-corrected chi connectivity index (χ3v) is 2.51. The van der Waals surface area contributed by atoms with Gasteiger partial charge in [0.05, 0.1) is 0 Å². The Labute approximate surface area is 89.7 Å². The Kier molecular flexibility index (Phi) is 4.03. The monoisotopic (exact) mass is 211 g/mol. The summed E-state index contributed by atoms with van der Waals surface area (Å²) in [6.07, 6.45) is 4.68. The fraction of sp³-hybridized carbons (Fsp3) is 0.545. The predicted octanol–water partition coefficient (Wildman–Crippen LogP) is 1.67. The smallest absolute Gasteiger partial charge is 0.127 e. The van der Waals surface area contributed by atoms with E-state index in [1.54, 1.807) is 18.5 Å². The molecule has 1 aromatic rings. The van der Waals surface area contributed by atoms with Gasteiger partial charge in [-0.25, -0.2) is 4.39 Å². The summed E-state index contributed by atoms with van der Waals surface area (Å²) in [6.45, 7) is 1.96. The summed E-state index contributed by atoms with van der Waals surface area (Å²) >= 11 is 0. The van der Waals surface area contributed by atoms with Crippen LogP contribution in [0.2, 0.25) is 0 Å². The minimum atomic E-state index is -1.36. The molecule has 1 aromatic heterocycles. The molecule has 0 aliphatic carbocycles. The average Bonchev–Trinajstić information content (AvgIpc) is 2.22. The van der Waals surface area contributed by atoms with Gasteiger partial charge in [-0.2, -0.15) is 0 Å². The first-order valence-electron chi connectivity index (χ1n) is 5.18. The standard InChI is InChI=1S/C11H18FN3/c1-2-4-11(12,8-13)6-9-7-15-5-3-10(9)14/h3,5,7H,2,4,6,8,13H2,1H3,(H2,14,15). The highest BCUT2D eigenvalue weighted by Crippen LogP contribution is 2.24. The Morgan fingerprint density at radius 1 is 1.53 bits per heavy atom. The molecule has 0 aliphatic heterocycles. The van der Waals surface area contributed by atoms with Gasteiger partial charge in [0.2, 0.25) is 0 Å². The van der Waals surface area contributed by atoms with E-state index in [2.05, 4.69) is 4.98 Å². The number of aromatic nitrogens is 1. The van der Waals surface area contributed by atoms with Crippen LogP contribution in [0, 0.1) is 0 Å².